The minimum atomic E-state index is -0.407. The van der Waals surface area contributed by atoms with Gasteiger partial charge in [0.25, 0.3) is 0 Å². The summed E-state index contributed by atoms with van der Waals surface area (Å²) in [5, 5.41) is 0. The third kappa shape index (κ3) is 2.32. The molecule has 0 spiro atoms. The van der Waals surface area contributed by atoms with E-state index < -0.39 is 5.60 Å². The minimum Gasteiger partial charge on any atom is -0.444 e. The van der Waals surface area contributed by atoms with Crippen molar-refractivity contribution in [1.29, 1.82) is 0 Å². The van der Waals surface area contributed by atoms with Gasteiger partial charge in [0.2, 0.25) is 0 Å². The van der Waals surface area contributed by atoms with Crippen LogP contribution in [0.25, 0.3) is 0 Å². The second kappa shape index (κ2) is 3.91. The van der Waals surface area contributed by atoms with Gasteiger partial charge in [-0.2, -0.15) is 0 Å². The van der Waals surface area contributed by atoms with E-state index >= 15 is 0 Å². The van der Waals surface area contributed by atoms with Gasteiger partial charge < -0.3 is 15.4 Å². The first-order chi connectivity index (χ1) is 7.37. The topological polar surface area (TPSA) is 55.6 Å². The van der Waals surface area contributed by atoms with Gasteiger partial charge in [0, 0.05) is 19.1 Å². The molecule has 1 aliphatic carbocycles. The van der Waals surface area contributed by atoms with Gasteiger partial charge in [-0.25, -0.2) is 4.79 Å². The summed E-state index contributed by atoms with van der Waals surface area (Å²) in [4.78, 5) is 13.7. The van der Waals surface area contributed by atoms with Crippen LogP contribution in [0.1, 0.15) is 33.6 Å². The molecule has 4 heteroatoms. The van der Waals surface area contributed by atoms with Gasteiger partial charge in [-0.1, -0.05) is 0 Å². The highest BCUT2D eigenvalue weighted by atomic mass is 16.6. The quantitative estimate of drug-likeness (QED) is 0.682. The Balaban J connectivity index is 1.95. The Morgan fingerprint density at radius 1 is 1.25 bits per heavy atom. The molecule has 1 saturated heterocycles. The second-order valence-electron chi connectivity index (χ2n) is 6.06. The number of fused-ring (bicyclic) bond motifs is 2. The van der Waals surface area contributed by atoms with E-state index in [-0.39, 0.29) is 6.09 Å². The van der Waals surface area contributed by atoms with Crippen LogP contribution in [0.2, 0.25) is 0 Å². The summed E-state index contributed by atoms with van der Waals surface area (Å²) in [5.74, 6) is 0.956. The van der Waals surface area contributed by atoms with Crippen molar-refractivity contribution in [2.45, 2.75) is 45.3 Å². The van der Waals surface area contributed by atoms with E-state index in [0.717, 1.165) is 25.9 Å². The number of carbonyl (C=O) groups is 1. The van der Waals surface area contributed by atoms with Crippen molar-refractivity contribution in [3.05, 3.63) is 0 Å². The van der Waals surface area contributed by atoms with E-state index in [1.54, 1.807) is 0 Å². The molecule has 2 bridgehead atoms. The Labute approximate surface area is 97.1 Å². The van der Waals surface area contributed by atoms with Crippen LogP contribution >= 0.6 is 0 Å². The lowest BCUT2D eigenvalue weighted by molar-refractivity contribution is 0.0134. The van der Waals surface area contributed by atoms with Crippen LogP contribution in [-0.4, -0.2) is 35.7 Å². The van der Waals surface area contributed by atoms with Crippen LogP contribution in [0, 0.1) is 11.8 Å². The Kier molecular flexibility index (Phi) is 2.86. The Bertz CT molecular complexity index is 271. The molecule has 2 N–H and O–H groups in total. The highest BCUT2D eigenvalue weighted by molar-refractivity contribution is 5.68. The molecule has 92 valence electrons. The molecule has 1 aliphatic heterocycles. The Morgan fingerprint density at radius 3 is 2.19 bits per heavy atom. The van der Waals surface area contributed by atoms with E-state index in [2.05, 4.69) is 0 Å². The average Bonchev–Trinajstić information content (AvgIpc) is 2.38. The standard InChI is InChI=1S/C12H22N2O2/c1-12(2,3)16-11(15)14-6-8-4-5-9(7-14)10(8)13/h8-10H,4-7,13H2,1-3H3/t8-,9-/m0/s1. The highest BCUT2D eigenvalue weighted by Gasteiger charge is 2.42. The molecule has 2 atom stereocenters. The van der Waals surface area contributed by atoms with Gasteiger partial charge in [-0.15, -0.1) is 0 Å². The summed E-state index contributed by atoms with van der Waals surface area (Å²) in [6, 6.07) is 0.290. The predicted molar refractivity (Wildman–Crippen MR) is 62.0 cm³/mol. The molecule has 2 fully saturated rings. The Hall–Kier alpha value is -0.770. The molecule has 2 rings (SSSR count). The smallest absolute Gasteiger partial charge is 0.410 e. The van der Waals surface area contributed by atoms with E-state index in [4.69, 9.17) is 10.5 Å². The maximum absolute atomic E-state index is 11.9. The summed E-state index contributed by atoms with van der Waals surface area (Å²) in [6.45, 7) is 7.23. The number of ether oxygens (including phenoxy) is 1. The van der Waals surface area contributed by atoms with Crippen molar-refractivity contribution in [3.63, 3.8) is 0 Å². The first-order valence-electron chi connectivity index (χ1n) is 6.10. The zero-order valence-corrected chi connectivity index (χ0v) is 10.4. The zero-order valence-electron chi connectivity index (χ0n) is 10.4. The minimum absolute atomic E-state index is 0.184. The van der Waals surface area contributed by atoms with Crippen LogP contribution in [0.3, 0.4) is 0 Å². The van der Waals surface area contributed by atoms with Gasteiger partial charge in [0.05, 0.1) is 0 Å². The number of carbonyl (C=O) groups excluding carboxylic acids is 1. The lowest BCUT2D eigenvalue weighted by Gasteiger charge is -2.36. The number of rotatable bonds is 0. The van der Waals surface area contributed by atoms with Crippen molar-refractivity contribution in [3.8, 4) is 0 Å². The lowest BCUT2D eigenvalue weighted by atomic mass is 9.93. The number of hydrogen-bond acceptors (Lipinski definition) is 3. The SMILES string of the molecule is CC(C)(C)OC(=O)N1C[C@@H]2CC[C@@H](C1)C2N. The van der Waals surface area contributed by atoms with E-state index in [1.165, 1.54) is 0 Å². The maximum Gasteiger partial charge on any atom is 0.410 e. The number of amides is 1. The molecule has 1 heterocycles. The summed E-state index contributed by atoms with van der Waals surface area (Å²) < 4.78 is 5.38. The van der Waals surface area contributed by atoms with Gasteiger partial charge in [-0.05, 0) is 45.4 Å². The highest BCUT2D eigenvalue weighted by Crippen LogP contribution is 2.35. The first kappa shape index (κ1) is 11.7. The fraction of sp³-hybridized carbons (Fsp3) is 0.917. The summed E-state index contributed by atoms with van der Waals surface area (Å²) in [7, 11) is 0. The third-order valence-corrected chi connectivity index (χ3v) is 3.56. The molecule has 1 amide bonds. The fourth-order valence-corrected chi connectivity index (χ4v) is 2.74. The normalized spacial score (nSPS) is 34.0. The zero-order chi connectivity index (χ0) is 11.9. The molecule has 0 aromatic carbocycles. The molecule has 0 unspecified atom stereocenters. The largest absolute Gasteiger partial charge is 0.444 e. The number of nitrogens with two attached hydrogens (primary N) is 1. The number of nitrogens with zero attached hydrogens (tertiary/aromatic N) is 1. The number of hydrogen-bond donors (Lipinski definition) is 1. The molecule has 2 aliphatic rings. The summed E-state index contributed by atoms with van der Waals surface area (Å²) in [6.07, 6.45) is 2.13. The maximum atomic E-state index is 11.9. The molecule has 0 aromatic heterocycles. The van der Waals surface area contributed by atoms with Gasteiger partial charge in [0.1, 0.15) is 5.60 Å². The van der Waals surface area contributed by atoms with Crippen molar-refractivity contribution in [2.75, 3.05) is 13.1 Å². The van der Waals surface area contributed by atoms with E-state index in [1.807, 2.05) is 25.7 Å². The first-order valence-corrected chi connectivity index (χ1v) is 6.10. The predicted octanol–water partition coefficient (Wildman–Crippen LogP) is 1.59. The molecule has 0 aromatic rings. The van der Waals surface area contributed by atoms with Crippen molar-refractivity contribution < 1.29 is 9.53 Å². The van der Waals surface area contributed by atoms with E-state index in [0.29, 0.717) is 17.9 Å². The Morgan fingerprint density at radius 2 is 1.75 bits per heavy atom. The van der Waals surface area contributed by atoms with Crippen LogP contribution in [0.5, 0.6) is 0 Å². The van der Waals surface area contributed by atoms with Gasteiger partial charge in [0.15, 0.2) is 0 Å². The molecular weight excluding hydrogens is 204 g/mol. The van der Waals surface area contributed by atoms with Crippen molar-refractivity contribution in [1.82, 2.24) is 4.90 Å². The van der Waals surface area contributed by atoms with Crippen LogP contribution < -0.4 is 5.73 Å². The second-order valence-corrected chi connectivity index (χ2v) is 6.06. The number of piperidine rings is 1. The van der Waals surface area contributed by atoms with Crippen molar-refractivity contribution in [2.24, 2.45) is 17.6 Å². The van der Waals surface area contributed by atoms with Gasteiger partial charge >= 0.3 is 6.09 Å². The fourth-order valence-electron chi connectivity index (χ4n) is 2.74. The molecule has 1 saturated carbocycles. The van der Waals surface area contributed by atoms with E-state index in [9.17, 15) is 4.79 Å². The monoisotopic (exact) mass is 226 g/mol. The summed E-state index contributed by atoms with van der Waals surface area (Å²) in [5.41, 5.74) is 5.69. The summed E-state index contributed by atoms with van der Waals surface area (Å²) >= 11 is 0. The van der Waals surface area contributed by atoms with Crippen LogP contribution in [0.4, 0.5) is 4.79 Å². The van der Waals surface area contributed by atoms with Crippen LogP contribution in [0.15, 0.2) is 0 Å². The third-order valence-electron chi connectivity index (χ3n) is 3.56. The molecule has 4 nitrogen and oxygen atoms in total. The van der Waals surface area contributed by atoms with Crippen molar-refractivity contribution >= 4 is 6.09 Å². The van der Waals surface area contributed by atoms with Crippen LogP contribution in [-0.2, 0) is 4.74 Å². The number of likely N-dealkylation sites (tertiary alicyclic amines) is 1. The average molecular weight is 226 g/mol. The van der Waals surface area contributed by atoms with Gasteiger partial charge in [-0.3, -0.25) is 0 Å². The molecule has 16 heavy (non-hydrogen) atoms. The molecular formula is C12H22N2O2. The lowest BCUT2D eigenvalue weighted by Crippen LogP contribution is -2.51. The molecule has 0 radical (unpaired) electrons.